The highest BCUT2D eigenvalue weighted by molar-refractivity contribution is 8.14. The van der Waals surface area contributed by atoms with E-state index >= 15 is 0 Å². The molecule has 0 spiro atoms. The van der Waals surface area contributed by atoms with Crippen LogP contribution in [0, 0.1) is 13.8 Å². The van der Waals surface area contributed by atoms with Crippen molar-refractivity contribution < 1.29 is 4.79 Å². The van der Waals surface area contributed by atoms with Crippen molar-refractivity contribution in [2.45, 2.75) is 13.8 Å². The van der Waals surface area contributed by atoms with Crippen molar-refractivity contribution in [3.8, 4) is 0 Å². The molecule has 2 aromatic rings. The van der Waals surface area contributed by atoms with Crippen LogP contribution in [0.4, 0.5) is 0 Å². The number of amidine groups is 1. The van der Waals surface area contributed by atoms with Gasteiger partial charge >= 0.3 is 0 Å². The number of rotatable bonds is 2. The number of thioether (sulfide) groups is 1. The molecule has 0 aliphatic carbocycles. The maximum atomic E-state index is 12.3. The summed E-state index contributed by atoms with van der Waals surface area (Å²) < 4.78 is 0. The van der Waals surface area contributed by atoms with Crippen molar-refractivity contribution in [1.29, 1.82) is 0 Å². The molecule has 0 atom stereocenters. The number of thiophene rings is 1. The Morgan fingerprint density at radius 3 is 2.55 bits per heavy atom. The van der Waals surface area contributed by atoms with Crippen LogP contribution in [-0.4, -0.2) is 22.5 Å². The molecule has 0 saturated carbocycles. The summed E-state index contributed by atoms with van der Waals surface area (Å²) in [6.45, 7) is 3.97. The van der Waals surface area contributed by atoms with Crippen LogP contribution < -0.4 is 5.32 Å². The molecule has 1 aliphatic rings. The molecule has 4 nitrogen and oxygen atoms in total. The van der Waals surface area contributed by atoms with Crippen molar-refractivity contribution >= 4 is 39.9 Å². The van der Waals surface area contributed by atoms with Crippen LogP contribution in [0.1, 0.15) is 26.4 Å². The summed E-state index contributed by atoms with van der Waals surface area (Å²) in [6, 6.07) is 9.95. The molecule has 3 rings (SSSR count). The van der Waals surface area contributed by atoms with E-state index in [1.165, 1.54) is 11.8 Å². The predicted molar refractivity (Wildman–Crippen MR) is 94.1 cm³/mol. The minimum Gasteiger partial charge on any atom is -0.300 e. The number of nitrogens with zero attached hydrogens (tertiary/aromatic N) is 2. The van der Waals surface area contributed by atoms with Gasteiger partial charge in [-0.25, -0.2) is 0 Å². The Balaban J connectivity index is 1.72. The zero-order chi connectivity index (χ0) is 15.5. The van der Waals surface area contributed by atoms with Crippen LogP contribution in [0.2, 0.25) is 0 Å². The van der Waals surface area contributed by atoms with Gasteiger partial charge < -0.3 is 0 Å². The highest BCUT2D eigenvalue weighted by Gasteiger charge is 2.17. The first-order chi connectivity index (χ1) is 10.6. The van der Waals surface area contributed by atoms with E-state index in [1.807, 2.05) is 49.6 Å². The zero-order valence-corrected chi connectivity index (χ0v) is 13.9. The summed E-state index contributed by atoms with van der Waals surface area (Å²) in [4.78, 5) is 13.4. The third-order valence-corrected chi connectivity index (χ3v) is 5.35. The molecular weight excluding hydrogens is 314 g/mol. The second-order valence-electron chi connectivity index (χ2n) is 4.89. The quantitative estimate of drug-likeness (QED) is 0.915. The van der Waals surface area contributed by atoms with Gasteiger partial charge in [0.2, 0.25) is 0 Å². The van der Waals surface area contributed by atoms with Gasteiger partial charge in [0.25, 0.3) is 5.91 Å². The molecule has 2 heterocycles. The van der Waals surface area contributed by atoms with E-state index in [9.17, 15) is 4.79 Å². The summed E-state index contributed by atoms with van der Waals surface area (Å²) >= 11 is 3.08. The normalized spacial score (nSPS) is 14.3. The minimum absolute atomic E-state index is 0.119. The van der Waals surface area contributed by atoms with Gasteiger partial charge in [-0.1, -0.05) is 42.1 Å². The number of aryl methyl sites for hydroxylation is 1. The van der Waals surface area contributed by atoms with Gasteiger partial charge in [0, 0.05) is 16.0 Å². The SMILES string of the molecule is Cc1scc(C(=O)NC2=NN=C(c3ccccc3)CS2)c1C. The average Bonchev–Trinajstić information content (AvgIpc) is 2.88. The van der Waals surface area contributed by atoms with Gasteiger partial charge in [-0.3, -0.25) is 10.1 Å². The molecule has 22 heavy (non-hydrogen) atoms. The van der Waals surface area contributed by atoms with Crippen molar-refractivity contribution in [3.05, 3.63) is 57.3 Å². The number of amides is 1. The molecule has 1 aliphatic heterocycles. The largest absolute Gasteiger partial charge is 0.300 e. The van der Waals surface area contributed by atoms with E-state index < -0.39 is 0 Å². The fourth-order valence-corrected chi connectivity index (χ4v) is 3.66. The Morgan fingerprint density at radius 1 is 1.18 bits per heavy atom. The van der Waals surface area contributed by atoms with E-state index in [0.717, 1.165) is 21.7 Å². The number of hydrogen-bond donors (Lipinski definition) is 1. The van der Waals surface area contributed by atoms with Gasteiger partial charge in [0.1, 0.15) is 0 Å². The zero-order valence-electron chi connectivity index (χ0n) is 12.3. The Bertz CT molecular complexity index is 763. The lowest BCUT2D eigenvalue weighted by Gasteiger charge is -2.12. The Kier molecular flexibility index (Phi) is 4.40. The van der Waals surface area contributed by atoms with Crippen molar-refractivity contribution in [2.24, 2.45) is 10.2 Å². The molecule has 112 valence electrons. The fraction of sp³-hybridized carbons (Fsp3) is 0.188. The van der Waals surface area contributed by atoms with E-state index in [-0.39, 0.29) is 5.91 Å². The highest BCUT2D eigenvalue weighted by Crippen LogP contribution is 2.21. The lowest BCUT2D eigenvalue weighted by Crippen LogP contribution is -2.30. The third kappa shape index (κ3) is 3.13. The maximum Gasteiger partial charge on any atom is 0.258 e. The van der Waals surface area contributed by atoms with Gasteiger partial charge in [0.05, 0.1) is 11.3 Å². The molecule has 1 aromatic heterocycles. The summed E-state index contributed by atoms with van der Waals surface area (Å²) in [5.74, 6) is 0.580. The number of carbonyl (C=O) groups excluding carboxylic acids is 1. The van der Waals surface area contributed by atoms with Crippen LogP contribution in [-0.2, 0) is 0 Å². The van der Waals surface area contributed by atoms with Gasteiger partial charge in [-0.05, 0) is 25.0 Å². The highest BCUT2D eigenvalue weighted by atomic mass is 32.2. The number of benzene rings is 1. The van der Waals surface area contributed by atoms with Gasteiger partial charge in [-0.2, -0.15) is 5.10 Å². The Morgan fingerprint density at radius 2 is 1.95 bits per heavy atom. The second kappa shape index (κ2) is 6.46. The standard InChI is InChI=1S/C16H15N3OS2/c1-10-11(2)21-8-13(10)15(20)17-16-19-18-14(9-22-16)12-6-4-3-5-7-12/h3-8H,9H2,1-2H3,(H,17,19,20). The minimum atomic E-state index is -0.119. The Hall–Kier alpha value is -1.92. The molecule has 6 heteroatoms. The molecule has 0 radical (unpaired) electrons. The molecule has 0 unspecified atom stereocenters. The molecule has 0 fully saturated rings. The second-order valence-corrected chi connectivity index (χ2v) is 6.94. The van der Waals surface area contributed by atoms with Crippen molar-refractivity contribution in [2.75, 3.05) is 5.75 Å². The van der Waals surface area contributed by atoms with Crippen LogP contribution in [0.15, 0.2) is 45.9 Å². The summed E-state index contributed by atoms with van der Waals surface area (Å²) in [7, 11) is 0. The van der Waals surface area contributed by atoms with E-state index in [2.05, 4.69) is 15.5 Å². The van der Waals surface area contributed by atoms with Crippen molar-refractivity contribution in [1.82, 2.24) is 5.32 Å². The number of nitrogens with one attached hydrogen (secondary N) is 1. The lowest BCUT2D eigenvalue weighted by atomic mass is 10.1. The molecular formula is C16H15N3OS2. The third-order valence-electron chi connectivity index (χ3n) is 3.46. The molecule has 0 saturated heterocycles. The number of hydrogen-bond acceptors (Lipinski definition) is 5. The van der Waals surface area contributed by atoms with E-state index in [0.29, 0.717) is 16.5 Å². The molecule has 0 bridgehead atoms. The van der Waals surface area contributed by atoms with Gasteiger partial charge in [-0.15, -0.1) is 16.4 Å². The lowest BCUT2D eigenvalue weighted by molar-refractivity contribution is 0.0977. The monoisotopic (exact) mass is 329 g/mol. The van der Waals surface area contributed by atoms with Crippen LogP contribution >= 0.6 is 23.1 Å². The molecule has 1 aromatic carbocycles. The maximum absolute atomic E-state index is 12.3. The van der Waals surface area contributed by atoms with Crippen molar-refractivity contribution in [3.63, 3.8) is 0 Å². The first-order valence-corrected chi connectivity index (χ1v) is 8.70. The average molecular weight is 329 g/mol. The Labute approximate surface area is 137 Å². The summed E-state index contributed by atoms with van der Waals surface area (Å²) in [5.41, 5.74) is 3.72. The van der Waals surface area contributed by atoms with Crippen LogP contribution in [0.3, 0.4) is 0 Å². The number of carbonyl (C=O) groups is 1. The van der Waals surface area contributed by atoms with E-state index in [4.69, 9.17) is 0 Å². The first kappa shape index (κ1) is 15.0. The molecule has 1 amide bonds. The topological polar surface area (TPSA) is 53.8 Å². The van der Waals surface area contributed by atoms with Gasteiger partial charge in [0.15, 0.2) is 5.17 Å². The van der Waals surface area contributed by atoms with E-state index in [1.54, 1.807) is 11.3 Å². The van der Waals surface area contributed by atoms with Crippen LogP contribution in [0.5, 0.6) is 0 Å². The van der Waals surface area contributed by atoms with Crippen LogP contribution in [0.25, 0.3) is 0 Å². The smallest absolute Gasteiger partial charge is 0.258 e. The predicted octanol–water partition coefficient (Wildman–Crippen LogP) is 3.60. The summed E-state index contributed by atoms with van der Waals surface area (Å²) in [6.07, 6.45) is 0. The first-order valence-electron chi connectivity index (χ1n) is 6.84. The molecule has 1 N–H and O–H groups in total. The summed E-state index contributed by atoms with van der Waals surface area (Å²) in [5, 5.41) is 13.6. The fourth-order valence-electron chi connectivity index (χ4n) is 2.03.